The van der Waals surface area contributed by atoms with Crippen LogP contribution in [0.2, 0.25) is 0 Å². The van der Waals surface area contributed by atoms with Crippen molar-refractivity contribution >= 4 is 0 Å². The Hall–Kier alpha value is -2.02. The summed E-state index contributed by atoms with van der Waals surface area (Å²) in [5.41, 5.74) is 5.65. The van der Waals surface area contributed by atoms with E-state index in [2.05, 4.69) is 49.4 Å². The van der Waals surface area contributed by atoms with Gasteiger partial charge in [-0.1, -0.05) is 48.1 Å². The van der Waals surface area contributed by atoms with Crippen LogP contribution in [0.15, 0.2) is 71.4 Å². The van der Waals surface area contributed by atoms with E-state index in [1.165, 1.54) is 22.3 Å². The van der Waals surface area contributed by atoms with Crippen LogP contribution in [0.25, 0.3) is 0 Å². The van der Waals surface area contributed by atoms with E-state index in [0.717, 1.165) is 12.2 Å². The summed E-state index contributed by atoms with van der Waals surface area (Å²) in [4.78, 5) is 0. The molecule has 0 radical (unpaired) electrons. The van der Waals surface area contributed by atoms with Crippen molar-refractivity contribution in [1.82, 2.24) is 0 Å². The zero-order valence-corrected chi connectivity index (χ0v) is 11.4. The normalized spacial score (nSPS) is 21.2. The Morgan fingerprint density at radius 3 is 2.63 bits per heavy atom. The SMILES string of the molecule is COc1ccc(C2C=CC=CC3=C2C=C(C)C3)cc1. The molecule has 0 N–H and O–H groups in total. The maximum absolute atomic E-state index is 5.23. The minimum atomic E-state index is 0.355. The summed E-state index contributed by atoms with van der Waals surface area (Å²) >= 11 is 0. The number of benzene rings is 1. The zero-order valence-electron chi connectivity index (χ0n) is 11.4. The van der Waals surface area contributed by atoms with Gasteiger partial charge in [-0.2, -0.15) is 0 Å². The predicted octanol–water partition coefficient (Wildman–Crippen LogP) is 4.55. The average Bonchev–Trinajstić information content (AvgIpc) is 2.69. The van der Waals surface area contributed by atoms with Gasteiger partial charge in [-0.25, -0.2) is 0 Å². The van der Waals surface area contributed by atoms with Crippen LogP contribution in [0, 0.1) is 0 Å². The van der Waals surface area contributed by atoms with E-state index in [1.807, 2.05) is 12.1 Å². The summed E-state index contributed by atoms with van der Waals surface area (Å²) < 4.78 is 5.23. The highest BCUT2D eigenvalue weighted by Crippen LogP contribution is 2.38. The van der Waals surface area contributed by atoms with Gasteiger partial charge in [0.2, 0.25) is 0 Å². The Balaban J connectivity index is 2.00. The lowest BCUT2D eigenvalue weighted by molar-refractivity contribution is 0.414. The van der Waals surface area contributed by atoms with Crippen LogP contribution in [-0.4, -0.2) is 7.11 Å². The van der Waals surface area contributed by atoms with Crippen LogP contribution in [0.4, 0.5) is 0 Å². The van der Waals surface area contributed by atoms with E-state index in [9.17, 15) is 0 Å². The standard InChI is InChI=1S/C18H18O/c1-13-11-15-5-3-4-6-17(18(15)12-13)14-7-9-16(19-2)10-8-14/h3-10,12,17H,11H2,1-2H3. The first-order valence-electron chi connectivity index (χ1n) is 6.67. The van der Waals surface area contributed by atoms with Crippen LogP contribution < -0.4 is 4.74 Å². The Morgan fingerprint density at radius 2 is 1.89 bits per heavy atom. The molecule has 2 aliphatic carbocycles. The number of hydrogen-bond acceptors (Lipinski definition) is 1. The molecule has 0 saturated carbocycles. The van der Waals surface area contributed by atoms with E-state index in [4.69, 9.17) is 4.74 Å². The van der Waals surface area contributed by atoms with Gasteiger partial charge >= 0.3 is 0 Å². The fraction of sp³-hybridized carbons (Fsp3) is 0.222. The molecule has 0 spiro atoms. The molecule has 0 saturated heterocycles. The lowest BCUT2D eigenvalue weighted by atomic mass is 9.89. The lowest BCUT2D eigenvalue weighted by Gasteiger charge is -2.15. The van der Waals surface area contributed by atoms with Crippen molar-refractivity contribution in [2.75, 3.05) is 7.11 Å². The molecule has 0 bridgehead atoms. The van der Waals surface area contributed by atoms with E-state index >= 15 is 0 Å². The zero-order chi connectivity index (χ0) is 13.2. The van der Waals surface area contributed by atoms with Crippen LogP contribution in [0.1, 0.15) is 24.8 Å². The number of allylic oxidation sites excluding steroid dienone is 8. The van der Waals surface area contributed by atoms with Gasteiger partial charge in [0, 0.05) is 5.92 Å². The fourth-order valence-electron chi connectivity index (χ4n) is 2.81. The molecule has 1 aromatic carbocycles. The second-order valence-electron chi connectivity index (χ2n) is 5.14. The van der Waals surface area contributed by atoms with E-state index < -0.39 is 0 Å². The molecule has 0 aromatic heterocycles. The molecule has 1 heteroatoms. The summed E-state index contributed by atoms with van der Waals surface area (Å²) in [6.45, 7) is 2.21. The molecule has 2 aliphatic rings. The first-order valence-corrected chi connectivity index (χ1v) is 6.67. The van der Waals surface area contributed by atoms with Gasteiger partial charge in [0.15, 0.2) is 0 Å². The minimum Gasteiger partial charge on any atom is -0.497 e. The van der Waals surface area contributed by atoms with Crippen molar-refractivity contribution in [3.05, 3.63) is 76.9 Å². The Kier molecular flexibility index (Phi) is 3.12. The van der Waals surface area contributed by atoms with Crippen molar-refractivity contribution in [2.24, 2.45) is 0 Å². The van der Waals surface area contributed by atoms with Crippen molar-refractivity contribution in [3.8, 4) is 5.75 Å². The number of methoxy groups -OCH3 is 1. The summed E-state index contributed by atoms with van der Waals surface area (Å²) in [7, 11) is 1.70. The molecule has 1 atom stereocenters. The highest BCUT2D eigenvalue weighted by atomic mass is 16.5. The first kappa shape index (κ1) is 12.0. The highest BCUT2D eigenvalue weighted by Gasteiger charge is 2.20. The first-order chi connectivity index (χ1) is 9.28. The quantitative estimate of drug-likeness (QED) is 0.748. The largest absolute Gasteiger partial charge is 0.497 e. The summed E-state index contributed by atoms with van der Waals surface area (Å²) in [5, 5.41) is 0. The van der Waals surface area contributed by atoms with Gasteiger partial charge in [-0.05, 0) is 42.2 Å². The van der Waals surface area contributed by atoms with Crippen molar-refractivity contribution in [1.29, 1.82) is 0 Å². The van der Waals surface area contributed by atoms with E-state index in [1.54, 1.807) is 7.11 Å². The number of hydrogen-bond donors (Lipinski definition) is 0. The van der Waals surface area contributed by atoms with Gasteiger partial charge in [-0.3, -0.25) is 0 Å². The number of ether oxygens (including phenoxy) is 1. The van der Waals surface area contributed by atoms with Gasteiger partial charge in [-0.15, -0.1) is 0 Å². The monoisotopic (exact) mass is 250 g/mol. The third-order valence-electron chi connectivity index (χ3n) is 3.76. The molecule has 1 unspecified atom stereocenters. The molecular weight excluding hydrogens is 232 g/mol. The average molecular weight is 250 g/mol. The topological polar surface area (TPSA) is 9.23 Å². The fourth-order valence-corrected chi connectivity index (χ4v) is 2.81. The number of rotatable bonds is 2. The molecule has 1 nitrogen and oxygen atoms in total. The van der Waals surface area contributed by atoms with Crippen LogP contribution in [-0.2, 0) is 0 Å². The van der Waals surface area contributed by atoms with Crippen molar-refractivity contribution < 1.29 is 4.74 Å². The van der Waals surface area contributed by atoms with Crippen molar-refractivity contribution in [3.63, 3.8) is 0 Å². The molecule has 0 aliphatic heterocycles. The summed E-state index contributed by atoms with van der Waals surface area (Å²) in [6.07, 6.45) is 12.2. The molecule has 0 amide bonds. The van der Waals surface area contributed by atoms with Gasteiger partial charge < -0.3 is 4.74 Å². The molecule has 3 rings (SSSR count). The maximum Gasteiger partial charge on any atom is 0.118 e. The Bertz CT molecular complexity index is 597. The second-order valence-corrected chi connectivity index (χ2v) is 5.14. The molecular formula is C18H18O. The smallest absolute Gasteiger partial charge is 0.118 e. The summed E-state index contributed by atoms with van der Waals surface area (Å²) in [5.74, 6) is 1.26. The highest BCUT2D eigenvalue weighted by molar-refractivity contribution is 5.54. The molecule has 1 aromatic rings. The summed E-state index contributed by atoms with van der Waals surface area (Å²) in [6, 6.07) is 8.39. The van der Waals surface area contributed by atoms with Crippen LogP contribution >= 0.6 is 0 Å². The Labute approximate surface area is 114 Å². The van der Waals surface area contributed by atoms with Crippen molar-refractivity contribution in [2.45, 2.75) is 19.3 Å². The van der Waals surface area contributed by atoms with Crippen LogP contribution in [0.5, 0.6) is 5.75 Å². The minimum absolute atomic E-state index is 0.355. The molecule has 19 heavy (non-hydrogen) atoms. The van der Waals surface area contributed by atoms with Gasteiger partial charge in [0.1, 0.15) is 5.75 Å². The van der Waals surface area contributed by atoms with E-state index in [0.29, 0.717) is 5.92 Å². The molecule has 0 fully saturated rings. The maximum atomic E-state index is 5.23. The third kappa shape index (κ3) is 2.28. The molecule has 96 valence electrons. The predicted molar refractivity (Wildman–Crippen MR) is 79.4 cm³/mol. The second kappa shape index (κ2) is 4.93. The third-order valence-corrected chi connectivity index (χ3v) is 3.76. The lowest BCUT2D eigenvalue weighted by Crippen LogP contribution is -1.98. The molecule has 0 heterocycles. The van der Waals surface area contributed by atoms with Crippen LogP contribution in [0.3, 0.4) is 0 Å². The van der Waals surface area contributed by atoms with Gasteiger partial charge in [0.05, 0.1) is 7.11 Å². The van der Waals surface area contributed by atoms with Gasteiger partial charge in [0.25, 0.3) is 0 Å². The van der Waals surface area contributed by atoms with E-state index in [-0.39, 0.29) is 0 Å². The Morgan fingerprint density at radius 1 is 1.11 bits per heavy atom.